The molecule has 2 heterocycles. The molecule has 3 aromatic rings. The van der Waals surface area contributed by atoms with Crippen LogP contribution in [0.1, 0.15) is 10.7 Å². The fourth-order valence-corrected chi connectivity index (χ4v) is 3.47. The molecule has 0 saturated heterocycles. The van der Waals surface area contributed by atoms with E-state index in [9.17, 15) is 4.79 Å². The molecule has 0 aliphatic carbocycles. The SMILES string of the molecule is COc1cccc2sc(NC(=O)Cc3csc(C)n3)nc12. The van der Waals surface area contributed by atoms with Gasteiger partial charge in [-0.3, -0.25) is 4.79 Å². The molecule has 0 radical (unpaired) electrons. The van der Waals surface area contributed by atoms with Gasteiger partial charge in [-0.25, -0.2) is 9.97 Å². The number of nitrogens with one attached hydrogen (secondary N) is 1. The summed E-state index contributed by atoms with van der Waals surface area (Å²) in [4.78, 5) is 20.7. The number of anilines is 1. The van der Waals surface area contributed by atoms with E-state index < -0.39 is 0 Å². The molecule has 0 aliphatic heterocycles. The highest BCUT2D eigenvalue weighted by Gasteiger charge is 2.12. The minimum Gasteiger partial charge on any atom is -0.494 e. The predicted molar refractivity (Wildman–Crippen MR) is 85.4 cm³/mol. The van der Waals surface area contributed by atoms with Crippen LogP contribution in [0, 0.1) is 6.92 Å². The van der Waals surface area contributed by atoms with Crippen molar-refractivity contribution in [1.29, 1.82) is 0 Å². The van der Waals surface area contributed by atoms with Crippen LogP contribution in [-0.4, -0.2) is 23.0 Å². The summed E-state index contributed by atoms with van der Waals surface area (Å²) in [6, 6.07) is 5.71. The molecule has 0 bridgehead atoms. The molecule has 0 unspecified atom stereocenters. The van der Waals surface area contributed by atoms with Crippen LogP contribution >= 0.6 is 22.7 Å². The Morgan fingerprint density at radius 2 is 2.24 bits per heavy atom. The van der Waals surface area contributed by atoms with Gasteiger partial charge in [0.15, 0.2) is 5.13 Å². The number of rotatable bonds is 4. The summed E-state index contributed by atoms with van der Waals surface area (Å²) in [5.41, 5.74) is 1.55. The van der Waals surface area contributed by atoms with Crippen molar-refractivity contribution in [2.75, 3.05) is 12.4 Å². The summed E-state index contributed by atoms with van der Waals surface area (Å²) in [6.07, 6.45) is 0.261. The lowest BCUT2D eigenvalue weighted by Gasteiger charge is -1.99. The van der Waals surface area contributed by atoms with Crippen LogP contribution in [0.5, 0.6) is 5.75 Å². The van der Waals surface area contributed by atoms with E-state index in [4.69, 9.17) is 4.74 Å². The lowest BCUT2D eigenvalue weighted by molar-refractivity contribution is -0.115. The van der Waals surface area contributed by atoms with Crippen LogP contribution in [0.15, 0.2) is 23.6 Å². The Morgan fingerprint density at radius 1 is 1.38 bits per heavy atom. The van der Waals surface area contributed by atoms with Gasteiger partial charge >= 0.3 is 0 Å². The Labute approximate surface area is 129 Å². The first-order valence-electron chi connectivity index (χ1n) is 6.30. The number of fused-ring (bicyclic) bond motifs is 1. The topological polar surface area (TPSA) is 64.1 Å². The average molecular weight is 319 g/mol. The first-order chi connectivity index (χ1) is 10.2. The number of carbonyl (C=O) groups is 1. The smallest absolute Gasteiger partial charge is 0.232 e. The van der Waals surface area contributed by atoms with E-state index in [1.165, 1.54) is 11.3 Å². The molecule has 2 aromatic heterocycles. The predicted octanol–water partition coefficient (Wildman–Crippen LogP) is 3.25. The number of carbonyl (C=O) groups excluding carboxylic acids is 1. The molecule has 0 atom stereocenters. The monoisotopic (exact) mass is 319 g/mol. The van der Waals surface area contributed by atoms with Crippen LogP contribution < -0.4 is 10.1 Å². The fraction of sp³-hybridized carbons (Fsp3) is 0.214. The standard InChI is InChI=1S/C14H13N3O2S2/c1-8-15-9(7-20-8)6-12(18)16-14-17-13-10(19-2)4-3-5-11(13)21-14/h3-5,7H,6H2,1-2H3,(H,16,17,18). The van der Waals surface area contributed by atoms with Crippen LogP contribution in [0.4, 0.5) is 5.13 Å². The van der Waals surface area contributed by atoms with Gasteiger partial charge in [-0.2, -0.15) is 0 Å². The van der Waals surface area contributed by atoms with Crippen LogP contribution in [0.3, 0.4) is 0 Å². The Morgan fingerprint density at radius 3 is 2.95 bits per heavy atom. The Hall–Kier alpha value is -1.99. The second-order valence-electron chi connectivity index (χ2n) is 4.41. The number of nitrogens with zero attached hydrogens (tertiary/aromatic N) is 2. The molecule has 0 spiro atoms. The van der Waals surface area contributed by atoms with Crippen LogP contribution in [0.25, 0.3) is 10.2 Å². The summed E-state index contributed by atoms with van der Waals surface area (Å²) in [6.45, 7) is 1.92. The minimum absolute atomic E-state index is 0.113. The summed E-state index contributed by atoms with van der Waals surface area (Å²) in [5.74, 6) is 0.595. The van der Waals surface area contributed by atoms with Gasteiger partial charge in [0.05, 0.1) is 28.9 Å². The zero-order valence-corrected chi connectivity index (χ0v) is 13.2. The number of aromatic nitrogens is 2. The van der Waals surface area contributed by atoms with Gasteiger partial charge in [-0.15, -0.1) is 11.3 Å². The van der Waals surface area contributed by atoms with Crippen molar-refractivity contribution in [3.8, 4) is 5.75 Å². The summed E-state index contributed by atoms with van der Waals surface area (Å²) in [5, 5.41) is 6.25. The molecule has 7 heteroatoms. The molecule has 0 saturated carbocycles. The highest BCUT2D eigenvalue weighted by Crippen LogP contribution is 2.32. The highest BCUT2D eigenvalue weighted by molar-refractivity contribution is 7.22. The van der Waals surface area contributed by atoms with E-state index in [-0.39, 0.29) is 12.3 Å². The highest BCUT2D eigenvalue weighted by atomic mass is 32.1. The molecular formula is C14H13N3O2S2. The van der Waals surface area contributed by atoms with Gasteiger partial charge in [-0.05, 0) is 19.1 Å². The average Bonchev–Trinajstić information content (AvgIpc) is 3.03. The summed E-state index contributed by atoms with van der Waals surface area (Å²) in [7, 11) is 1.61. The largest absolute Gasteiger partial charge is 0.494 e. The molecule has 108 valence electrons. The second-order valence-corrected chi connectivity index (χ2v) is 6.50. The number of methoxy groups -OCH3 is 1. The first-order valence-corrected chi connectivity index (χ1v) is 7.99. The molecule has 0 fully saturated rings. The van der Waals surface area contributed by atoms with Crippen molar-refractivity contribution in [3.05, 3.63) is 34.3 Å². The number of hydrogen-bond donors (Lipinski definition) is 1. The molecule has 21 heavy (non-hydrogen) atoms. The molecule has 5 nitrogen and oxygen atoms in total. The number of para-hydroxylation sites is 1. The van der Waals surface area contributed by atoms with Crippen molar-refractivity contribution in [3.63, 3.8) is 0 Å². The van der Waals surface area contributed by atoms with E-state index in [1.54, 1.807) is 18.4 Å². The van der Waals surface area contributed by atoms with Crippen molar-refractivity contribution in [1.82, 2.24) is 9.97 Å². The minimum atomic E-state index is -0.113. The number of amides is 1. The first kappa shape index (κ1) is 14.0. The molecule has 1 amide bonds. The van der Waals surface area contributed by atoms with Crippen molar-refractivity contribution in [2.45, 2.75) is 13.3 Å². The Kier molecular flexibility index (Phi) is 3.85. The number of thiazole rings is 2. The third-order valence-electron chi connectivity index (χ3n) is 2.86. The van der Waals surface area contributed by atoms with E-state index >= 15 is 0 Å². The van der Waals surface area contributed by atoms with Gasteiger partial charge in [0.1, 0.15) is 11.3 Å². The Balaban J connectivity index is 1.77. The Bertz CT molecular complexity index is 794. The van der Waals surface area contributed by atoms with Gasteiger partial charge < -0.3 is 10.1 Å². The zero-order valence-electron chi connectivity index (χ0n) is 11.5. The molecular weight excluding hydrogens is 306 g/mol. The molecule has 1 aromatic carbocycles. The van der Waals surface area contributed by atoms with Gasteiger partial charge in [0.2, 0.25) is 5.91 Å². The maximum absolute atomic E-state index is 12.0. The lowest BCUT2D eigenvalue weighted by Crippen LogP contribution is -2.14. The van der Waals surface area contributed by atoms with Crippen molar-refractivity contribution >= 4 is 43.9 Å². The number of ether oxygens (including phenoxy) is 1. The summed E-state index contributed by atoms with van der Waals surface area (Å²) < 4.78 is 6.25. The number of benzene rings is 1. The maximum atomic E-state index is 12.0. The third-order valence-corrected chi connectivity index (χ3v) is 4.61. The maximum Gasteiger partial charge on any atom is 0.232 e. The fourth-order valence-electron chi connectivity index (χ4n) is 1.96. The molecule has 3 rings (SSSR count). The second kappa shape index (κ2) is 5.79. The molecule has 0 aliphatic rings. The zero-order chi connectivity index (χ0) is 14.8. The third kappa shape index (κ3) is 3.03. The quantitative estimate of drug-likeness (QED) is 0.802. The van der Waals surface area contributed by atoms with E-state index in [2.05, 4.69) is 15.3 Å². The van der Waals surface area contributed by atoms with Crippen LogP contribution in [-0.2, 0) is 11.2 Å². The van der Waals surface area contributed by atoms with Gasteiger partial charge in [-0.1, -0.05) is 17.4 Å². The van der Waals surface area contributed by atoms with Crippen LogP contribution in [0.2, 0.25) is 0 Å². The van der Waals surface area contributed by atoms with Crippen molar-refractivity contribution < 1.29 is 9.53 Å². The van der Waals surface area contributed by atoms with Gasteiger partial charge in [0, 0.05) is 5.38 Å². The normalized spacial score (nSPS) is 10.8. The number of aryl methyl sites for hydroxylation is 1. The van der Waals surface area contributed by atoms with Crippen molar-refractivity contribution in [2.24, 2.45) is 0 Å². The van der Waals surface area contributed by atoms with Gasteiger partial charge in [0.25, 0.3) is 0 Å². The van der Waals surface area contributed by atoms with E-state index in [1.807, 2.05) is 30.5 Å². The van der Waals surface area contributed by atoms with E-state index in [0.29, 0.717) is 10.9 Å². The number of hydrogen-bond acceptors (Lipinski definition) is 6. The van der Waals surface area contributed by atoms with E-state index in [0.717, 1.165) is 20.9 Å². The summed E-state index contributed by atoms with van der Waals surface area (Å²) >= 11 is 2.97. The molecule has 1 N–H and O–H groups in total. The lowest BCUT2D eigenvalue weighted by atomic mass is 10.3.